The number of ether oxygens (including phenoxy) is 1. The van der Waals surface area contributed by atoms with Gasteiger partial charge in [-0.15, -0.1) is 11.3 Å². The van der Waals surface area contributed by atoms with Crippen molar-refractivity contribution >= 4 is 17.3 Å². The molecule has 2 aromatic heterocycles. The Morgan fingerprint density at radius 1 is 1.40 bits per heavy atom. The number of imidazole rings is 1. The summed E-state index contributed by atoms with van der Waals surface area (Å²) in [6, 6.07) is 0.443. The highest BCUT2D eigenvalue weighted by atomic mass is 32.1. The number of aromatic nitrogens is 3. The van der Waals surface area contributed by atoms with E-state index < -0.39 is 0 Å². The summed E-state index contributed by atoms with van der Waals surface area (Å²) in [5.41, 5.74) is 1.09. The molecule has 110 valence electrons. The lowest BCUT2D eigenvalue weighted by Gasteiger charge is -2.19. The smallest absolute Gasteiger partial charge is 0.203 e. The van der Waals surface area contributed by atoms with Gasteiger partial charge in [0, 0.05) is 24.4 Å². The Balaban J connectivity index is 2.14. The van der Waals surface area contributed by atoms with E-state index in [1.165, 1.54) is 4.88 Å². The highest BCUT2D eigenvalue weighted by molar-refractivity contribution is 7.11. The molecule has 1 N–H and O–H groups in total. The molecule has 2 rings (SSSR count). The number of aryl methyl sites for hydroxylation is 2. The van der Waals surface area contributed by atoms with Crippen LogP contribution in [0.4, 0.5) is 5.95 Å². The predicted molar refractivity (Wildman–Crippen MR) is 82.4 cm³/mol. The van der Waals surface area contributed by atoms with E-state index in [4.69, 9.17) is 4.74 Å². The predicted octanol–water partition coefficient (Wildman–Crippen LogP) is 3.34. The van der Waals surface area contributed by atoms with Gasteiger partial charge in [-0.1, -0.05) is 0 Å². The average molecular weight is 294 g/mol. The number of thiazole rings is 1. The molecule has 2 heterocycles. The summed E-state index contributed by atoms with van der Waals surface area (Å²) >= 11 is 1.73. The van der Waals surface area contributed by atoms with Crippen LogP contribution in [-0.2, 0) is 4.74 Å². The third-order valence-corrected chi connectivity index (χ3v) is 4.49. The number of hydrogen-bond acceptors (Lipinski definition) is 5. The van der Waals surface area contributed by atoms with Crippen molar-refractivity contribution in [2.45, 2.75) is 39.8 Å². The molecule has 0 aromatic carbocycles. The van der Waals surface area contributed by atoms with Crippen LogP contribution in [0.5, 0.6) is 0 Å². The van der Waals surface area contributed by atoms with Gasteiger partial charge in [0.2, 0.25) is 5.95 Å². The van der Waals surface area contributed by atoms with E-state index in [1.807, 2.05) is 19.3 Å². The molecule has 0 aliphatic heterocycles. The van der Waals surface area contributed by atoms with E-state index in [1.54, 1.807) is 18.4 Å². The van der Waals surface area contributed by atoms with Crippen LogP contribution in [0.25, 0.3) is 0 Å². The van der Waals surface area contributed by atoms with Gasteiger partial charge in [0.25, 0.3) is 0 Å². The molecule has 0 fully saturated rings. The zero-order chi connectivity index (χ0) is 14.7. The van der Waals surface area contributed by atoms with Crippen molar-refractivity contribution < 1.29 is 4.74 Å². The first-order valence-corrected chi connectivity index (χ1v) is 7.56. The summed E-state index contributed by atoms with van der Waals surface area (Å²) in [6.45, 7) is 9.01. The Kier molecular flexibility index (Phi) is 4.77. The number of nitrogens with zero attached hydrogens (tertiary/aromatic N) is 3. The first-order chi connectivity index (χ1) is 9.52. The van der Waals surface area contributed by atoms with Crippen molar-refractivity contribution in [1.29, 1.82) is 0 Å². The van der Waals surface area contributed by atoms with Crippen molar-refractivity contribution in [3.8, 4) is 0 Å². The maximum atomic E-state index is 5.21. The number of anilines is 1. The number of rotatable bonds is 6. The van der Waals surface area contributed by atoms with E-state index in [9.17, 15) is 0 Å². The van der Waals surface area contributed by atoms with Crippen LogP contribution >= 0.6 is 11.3 Å². The minimum atomic E-state index is 0.192. The topological polar surface area (TPSA) is 52.0 Å². The Hall–Kier alpha value is -1.40. The monoisotopic (exact) mass is 294 g/mol. The molecular weight excluding hydrogens is 272 g/mol. The highest BCUT2D eigenvalue weighted by Crippen LogP contribution is 2.27. The van der Waals surface area contributed by atoms with E-state index in [0.29, 0.717) is 6.61 Å². The van der Waals surface area contributed by atoms with Gasteiger partial charge in [0.05, 0.1) is 29.4 Å². The first kappa shape index (κ1) is 15.0. The van der Waals surface area contributed by atoms with E-state index in [-0.39, 0.29) is 12.1 Å². The highest BCUT2D eigenvalue weighted by Gasteiger charge is 2.16. The molecule has 0 aliphatic rings. The molecule has 2 atom stereocenters. The fraction of sp³-hybridized carbons (Fsp3) is 0.571. The molecule has 20 heavy (non-hydrogen) atoms. The van der Waals surface area contributed by atoms with Crippen LogP contribution in [0.2, 0.25) is 0 Å². The van der Waals surface area contributed by atoms with E-state index >= 15 is 0 Å². The van der Waals surface area contributed by atoms with Crippen molar-refractivity contribution in [1.82, 2.24) is 14.5 Å². The van der Waals surface area contributed by atoms with Crippen LogP contribution in [0, 0.1) is 13.8 Å². The lowest BCUT2D eigenvalue weighted by atomic mass is 10.2. The van der Waals surface area contributed by atoms with Gasteiger partial charge < -0.3 is 14.6 Å². The fourth-order valence-corrected chi connectivity index (χ4v) is 3.24. The van der Waals surface area contributed by atoms with Crippen molar-refractivity contribution in [2.75, 3.05) is 19.0 Å². The Morgan fingerprint density at radius 3 is 2.75 bits per heavy atom. The van der Waals surface area contributed by atoms with Crippen LogP contribution in [0.15, 0.2) is 12.4 Å². The SMILES string of the molecule is COCC(C)n1ccnc1NC(C)c1sc(C)nc1C. The molecule has 0 saturated heterocycles. The first-order valence-electron chi connectivity index (χ1n) is 6.75. The van der Waals surface area contributed by atoms with Gasteiger partial charge in [0.1, 0.15) is 0 Å². The maximum absolute atomic E-state index is 5.21. The zero-order valence-electron chi connectivity index (χ0n) is 12.7. The summed E-state index contributed by atoms with van der Waals surface area (Å²) in [7, 11) is 1.71. The Morgan fingerprint density at radius 2 is 2.15 bits per heavy atom. The molecule has 2 unspecified atom stereocenters. The van der Waals surface area contributed by atoms with Crippen LogP contribution in [0.1, 0.15) is 41.5 Å². The lowest BCUT2D eigenvalue weighted by molar-refractivity contribution is 0.163. The minimum absolute atomic E-state index is 0.192. The molecule has 2 aromatic rings. The second-order valence-corrected chi connectivity index (χ2v) is 6.25. The van der Waals surface area contributed by atoms with Gasteiger partial charge in [-0.05, 0) is 27.7 Å². The van der Waals surface area contributed by atoms with Crippen LogP contribution < -0.4 is 5.32 Å². The third-order valence-electron chi connectivity index (χ3n) is 3.23. The minimum Gasteiger partial charge on any atom is -0.383 e. The number of nitrogens with one attached hydrogen (secondary N) is 1. The van der Waals surface area contributed by atoms with Crippen molar-refractivity contribution in [3.63, 3.8) is 0 Å². The standard InChI is InChI=1S/C14H22N4OS/c1-9(8-19-5)18-7-6-15-14(18)17-11(3)13-10(2)16-12(4)20-13/h6-7,9,11H,8H2,1-5H3,(H,15,17). The van der Waals surface area contributed by atoms with Gasteiger partial charge in [-0.3, -0.25) is 0 Å². The summed E-state index contributed by atoms with van der Waals surface area (Å²) in [5, 5.41) is 4.57. The molecule has 0 saturated carbocycles. The van der Waals surface area contributed by atoms with Crippen molar-refractivity contribution in [2.24, 2.45) is 0 Å². The number of hydrogen-bond donors (Lipinski definition) is 1. The third kappa shape index (κ3) is 3.19. The van der Waals surface area contributed by atoms with Gasteiger partial charge >= 0.3 is 0 Å². The molecular formula is C14H22N4OS. The molecule has 0 radical (unpaired) electrons. The summed E-state index contributed by atoms with van der Waals surface area (Å²) < 4.78 is 7.31. The van der Waals surface area contributed by atoms with Gasteiger partial charge in [0.15, 0.2) is 0 Å². The molecule has 5 nitrogen and oxygen atoms in total. The molecule has 0 spiro atoms. The van der Waals surface area contributed by atoms with E-state index in [0.717, 1.165) is 16.6 Å². The summed E-state index contributed by atoms with van der Waals surface area (Å²) in [5.74, 6) is 0.868. The fourth-order valence-electron chi connectivity index (χ4n) is 2.31. The second-order valence-electron chi connectivity index (χ2n) is 5.01. The molecule has 0 amide bonds. The quantitative estimate of drug-likeness (QED) is 0.888. The molecule has 0 aliphatic carbocycles. The summed E-state index contributed by atoms with van der Waals surface area (Å²) in [6.07, 6.45) is 3.79. The van der Waals surface area contributed by atoms with Crippen LogP contribution in [0.3, 0.4) is 0 Å². The molecule has 0 bridgehead atoms. The number of methoxy groups -OCH3 is 1. The van der Waals surface area contributed by atoms with Gasteiger partial charge in [-0.2, -0.15) is 0 Å². The maximum Gasteiger partial charge on any atom is 0.203 e. The average Bonchev–Trinajstić information content (AvgIpc) is 2.96. The summed E-state index contributed by atoms with van der Waals surface area (Å²) in [4.78, 5) is 10.1. The Bertz CT molecular complexity index is 563. The molecule has 6 heteroatoms. The lowest BCUT2D eigenvalue weighted by Crippen LogP contribution is -2.16. The Labute approximate surface area is 124 Å². The van der Waals surface area contributed by atoms with Crippen LogP contribution in [-0.4, -0.2) is 28.3 Å². The van der Waals surface area contributed by atoms with E-state index in [2.05, 4.69) is 40.6 Å². The second kappa shape index (κ2) is 6.37. The largest absolute Gasteiger partial charge is 0.383 e. The van der Waals surface area contributed by atoms with Gasteiger partial charge in [-0.25, -0.2) is 9.97 Å². The normalized spacial score (nSPS) is 14.2. The van der Waals surface area contributed by atoms with Crippen molar-refractivity contribution in [3.05, 3.63) is 28.0 Å². The zero-order valence-corrected chi connectivity index (χ0v) is 13.5.